The van der Waals surface area contributed by atoms with Crippen molar-refractivity contribution in [2.45, 2.75) is 26.3 Å². The Labute approximate surface area is 133 Å². The molecule has 110 valence electrons. The molecule has 4 rings (SSSR count). The number of rotatable bonds is 4. The van der Waals surface area contributed by atoms with E-state index in [2.05, 4.69) is 51.1 Å². The van der Waals surface area contributed by atoms with Crippen LogP contribution in [0.1, 0.15) is 24.6 Å². The Hall–Kier alpha value is -1.36. The van der Waals surface area contributed by atoms with Crippen LogP contribution in [-0.2, 0) is 13.0 Å². The zero-order valence-electron chi connectivity index (χ0n) is 12.2. The van der Waals surface area contributed by atoms with Gasteiger partial charge < -0.3 is 4.90 Å². The Bertz CT molecular complexity index is 656. The van der Waals surface area contributed by atoms with Gasteiger partial charge in [0.1, 0.15) is 10.4 Å². The second-order valence-electron chi connectivity index (χ2n) is 6.14. The van der Waals surface area contributed by atoms with Gasteiger partial charge in [0, 0.05) is 24.8 Å². The Morgan fingerprint density at radius 3 is 2.71 bits per heavy atom. The van der Waals surface area contributed by atoms with Gasteiger partial charge in [-0.2, -0.15) is 5.10 Å². The number of hydrogen-bond donors (Lipinski definition) is 0. The number of anilines is 1. The largest absolute Gasteiger partial charge is 0.356 e. The maximum atomic E-state index is 4.73. The predicted molar refractivity (Wildman–Crippen MR) is 86.5 cm³/mol. The first-order chi connectivity index (χ1) is 10.2. The lowest BCUT2D eigenvalue weighted by Crippen LogP contribution is -2.23. The van der Waals surface area contributed by atoms with Gasteiger partial charge in [0.05, 0.1) is 12.2 Å². The van der Waals surface area contributed by atoms with Crippen molar-refractivity contribution in [1.29, 1.82) is 0 Å². The molecule has 1 saturated carbocycles. The van der Waals surface area contributed by atoms with Crippen LogP contribution in [0.2, 0.25) is 0 Å². The molecule has 21 heavy (non-hydrogen) atoms. The first kappa shape index (κ1) is 13.3. The zero-order chi connectivity index (χ0) is 14.4. The van der Waals surface area contributed by atoms with Crippen molar-refractivity contribution in [3.05, 3.63) is 40.3 Å². The summed E-state index contributed by atoms with van der Waals surface area (Å²) in [7, 11) is 0. The molecule has 0 amide bonds. The number of nitrogens with zero attached hydrogens (tertiary/aromatic N) is 4. The Kier molecular flexibility index (Phi) is 3.25. The van der Waals surface area contributed by atoms with Crippen molar-refractivity contribution in [2.24, 2.45) is 11.8 Å². The van der Waals surface area contributed by atoms with E-state index >= 15 is 0 Å². The van der Waals surface area contributed by atoms with E-state index in [-0.39, 0.29) is 0 Å². The smallest absolute Gasteiger partial charge is 0.129 e. The standard InChI is InChI=1S/C16H19BrN4/c1-2-14-5-6-21(19-14)10-11-3-4-15(18-16(11)17)20-8-12-7-13(12)9-20/h3-6,12-13H,2,7-10H2,1H3. The molecule has 0 aromatic carbocycles. The van der Waals surface area contributed by atoms with Crippen LogP contribution in [0.15, 0.2) is 29.0 Å². The summed E-state index contributed by atoms with van der Waals surface area (Å²) in [4.78, 5) is 7.15. The van der Waals surface area contributed by atoms with Gasteiger partial charge in [-0.3, -0.25) is 4.68 Å². The average molecular weight is 347 g/mol. The summed E-state index contributed by atoms with van der Waals surface area (Å²) in [6.45, 7) is 5.25. The normalized spacial score (nSPS) is 23.4. The van der Waals surface area contributed by atoms with Crippen LogP contribution in [-0.4, -0.2) is 27.9 Å². The van der Waals surface area contributed by atoms with Crippen molar-refractivity contribution in [3.8, 4) is 0 Å². The highest BCUT2D eigenvalue weighted by Crippen LogP contribution is 2.46. The van der Waals surface area contributed by atoms with Gasteiger partial charge in [0.15, 0.2) is 0 Å². The topological polar surface area (TPSA) is 34.0 Å². The molecule has 5 heteroatoms. The van der Waals surface area contributed by atoms with E-state index in [4.69, 9.17) is 4.98 Å². The molecule has 1 aliphatic heterocycles. The summed E-state index contributed by atoms with van der Waals surface area (Å²) in [6.07, 6.45) is 4.44. The van der Waals surface area contributed by atoms with Crippen molar-refractivity contribution in [3.63, 3.8) is 0 Å². The maximum Gasteiger partial charge on any atom is 0.129 e. The van der Waals surface area contributed by atoms with E-state index in [9.17, 15) is 0 Å². The second-order valence-corrected chi connectivity index (χ2v) is 6.89. The Balaban J connectivity index is 1.50. The lowest BCUT2D eigenvalue weighted by atomic mass is 10.2. The molecule has 1 saturated heterocycles. The molecule has 2 atom stereocenters. The molecule has 2 fully saturated rings. The van der Waals surface area contributed by atoms with Gasteiger partial charge in [-0.15, -0.1) is 0 Å². The van der Waals surface area contributed by atoms with E-state index in [1.165, 1.54) is 25.1 Å². The van der Waals surface area contributed by atoms with Gasteiger partial charge in [0.2, 0.25) is 0 Å². The lowest BCUT2D eigenvalue weighted by Gasteiger charge is -2.19. The van der Waals surface area contributed by atoms with Crippen LogP contribution in [0.25, 0.3) is 0 Å². The number of piperidine rings is 1. The van der Waals surface area contributed by atoms with Crippen LogP contribution >= 0.6 is 15.9 Å². The third-order valence-electron chi connectivity index (χ3n) is 4.60. The molecule has 3 heterocycles. The fourth-order valence-corrected chi connectivity index (χ4v) is 3.63. The minimum Gasteiger partial charge on any atom is -0.356 e. The first-order valence-electron chi connectivity index (χ1n) is 7.65. The van der Waals surface area contributed by atoms with Gasteiger partial charge >= 0.3 is 0 Å². The maximum absolute atomic E-state index is 4.73. The number of fused-ring (bicyclic) bond motifs is 1. The summed E-state index contributed by atoms with van der Waals surface area (Å²) in [5.74, 6) is 2.97. The van der Waals surface area contributed by atoms with Crippen molar-refractivity contribution < 1.29 is 0 Å². The van der Waals surface area contributed by atoms with Gasteiger partial charge in [0.25, 0.3) is 0 Å². The van der Waals surface area contributed by atoms with Gasteiger partial charge in [-0.25, -0.2) is 4.98 Å². The highest BCUT2D eigenvalue weighted by molar-refractivity contribution is 9.10. The molecule has 0 bridgehead atoms. The van der Waals surface area contributed by atoms with E-state index in [0.29, 0.717) is 0 Å². The Morgan fingerprint density at radius 1 is 1.24 bits per heavy atom. The highest BCUT2D eigenvalue weighted by Gasteiger charge is 2.45. The third-order valence-corrected chi connectivity index (χ3v) is 5.29. The van der Waals surface area contributed by atoms with Gasteiger partial charge in [-0.05, 0) is 52.7 Å². The molecule has 0 radical (unpaired) electrons. The SMILES string of the molecule is CCc1ccn(Cc2ccc(N3CC4CC4C3)nc2Br)n1. The lowest BCUT2D eigenvalue weighted by molar-refractivity contribution is 0.668. The minimum atomic E-state index is 0.763. The molecule has 2 aromatic heterocycles. The highest BCUT2D eigenvalue weighted by atomic mass is 79.9. The summed E-state index contributed by atoms with van der Waals surface area (Å²) in [5.41, 5.74) is 2.31. The summed E-state index contributed by atoms with van der Waals surface area (Å²) >= 11 is 3.62. The fraction of sp³-hybridized carbons (Fsp3) is 0.500. The van der Waals surface area contributed by atoms with Crippen LogP contribution in [0.4, 0.5) is 5.82 Å². The van der Waals surface area contributed by atoms with E-state index in [1.54, 1.807) is 0 Å². The molecule has 0 N–H and O–H groups in total. The van der Waals surface area contributed by atoms with Crippen molar-refractivity contribution in [2.75, 3.05) is 18.0 Å². The molecular weight excluding hydrogens is 328 g/mol. The predicted octanol–water partition coefficient (Wildman–Crippen LogP) is 3.11. The van der Waals surface area contributed by atoms with E-state index < -0.39 is 0 Å². The summed E-state index contributed by atoms with van der Waals surface area (Å²) in [5, 5.41) is 4.54. The number of hydrogen-bond acceptors (Lipinski definition) is 3. The molecule has 2 unspecified atom stereocenters. The number of pyridine rings is 1. The molecule has 4 nitrogen and oxygen atoms in total. The molecular formula is C16H19BrN4. The minimum absolute atomic E-state index is 0.763. The van der Waals surface area contributed by atoms with Gasteiger partial charge in [-0.1, -0.05) is 13.0 Å². The van der Waals surface area contributed by atoms with Crippen molar-refractivity contribution >= 4 is 21.7 Å². The van der Waals surface area contributed by atoms with E-state index in [0.717, 1.165) is 40.9 Å². The van der Waals surface area contributed by atoms with Crippen LogP contribution in [0.3, 0.4) is 0 Å². The first-order valence-corrected chi connectivity index (χ1v) is 8.45. The van der Waals surface area contributed by atoms with Crippen LogP contribution < -0.4 is 4.90 Å². The average Bonchev–Trinajstić information content (AvgIpc) is 2.90. The molecule has 1 aliphatic carbocycles. The number of halogens is 1. The summed E-state index contributed by atoms with van der Waals surface area (Å²) in [6, 6.07) is 6.39. The van der Waals surface area contributed by atoms with Crippen molar-refractivity contribution in [1.82, 2.24) is 14.8 Å². The molecule has 2 aliphatic rings. The Morgan fingerprint density at radius 2 is 2.05 bits per heavy atom. The fourth-order valence-electron chi connectivity index (χ4n) is 3.19. The quantitative estimate of drug-likeness (QED) is 0.797. The molecule has 2 aromatic rings. The zero-order valence-corrected chi connectivity index (χ0v) is 13.8. The second kappa shape index (κ2) is 5.13. The summed E-state index contributed by atoms with van der Waals surface area (Å²) < 4.78 is 2.92. The van der Waals surface area contributed by atoms with Crippen LogP contribution in [0, 0.1) is 11.8 Å². The molecule has 0 spiro atoms. The number of aryl methyl sites for hydroxylation is 1. The number of aromatic nitrogens is 3. The van der Waals surface area contributed by atoms with E-state index in [1.807, 2.05) is 10.9 Å². The van der Waals surface area contributed by atoms with Crippen LogP contribution in [0.5, 0.6) is 0 Å². The third kappa shape index (κ3) is 2.59. The monoisotopic (exact) mass is 346 g/mol.